The highest BCUT2D eigenvalue weighted by molar-refractivity contribution is 7.15. The van der Waals surface area contributed by atoms with E-state index in [1.165, 1.54) is 17.7 Å². The number of nitrogens with one attached hydrogen (secondary N) is 2. The Balaban J connectivity index is 1.83. The maximum atomic E-state index is 12.0. The quantitative estimate of drug-likeness (QED) is 0.892. The third kappa shape index (κ3) is 4.01. The van der Waals surface area contributed by atoms with Gasteiger partial charge in [-0.25, -0.2) is 4.98 Å². The normalized spacial score (nSPS) is 18.3. The molecule has 106 valence electrons. The minimum atomic E-state index is 0.0970. The van der Waals surface area contributed by atoms with Crippen molar-refractivity contribution in [2.45, 2.75) is 40.0 Å². The largest absolute Gasteiger partial charge is 0.317 e. The molecule has 1 atom stereocenters. The first-order valence-electron chi connectivity index (χ1n) is 7.01. The number of carbonyl (C=O) groups excluding carboxylic acids is 1. The molecule has 4 nitrogen and oxygen atoms in total. The summed E-state index contributed by atoms with van der Waals surface area (Å²) in [6.45, 7) is 8.36. The smallest absolute Gasteiger partial charge is 0.226 e. The topological polar surface area (TPSA) is 54.0 Å². The summed E-state index contributed by atoms with van der Waals surface area (Å²) < 4.78 is 0. The molecule has 1 aliphatic rings. The first kappa shape index (κ1) is 14.5. The van der Waals surface area contributed by atoms with E-state index in [-0.39, 0.29) is 5.91 Å². The molecule has 2 heterocycles. The number of aromatic nitrogens is 1. The van der Waals surface area contributed by atoms with E-state index >= 15 is 0 Å². The molecule has 0 aromatic carbocycles. The highest BCUT2D eigenvalue weighted by Gasteiger charge is 2.22. The number of amides is 1. The van der Waals surface area contributed by atoms with Gasteiger partial charge in [0.2, 0.25) is 5.91 Å². The number of hydrogen-bond donors (Lipinski definition) is 2. The van der Waals surface area contributed by atoms with Crippen molar-refractivity contribution in [1.82, 2.24) is 10.3 Å². The summed E-state index contributed by atoms with van der Waals surface area (Å²) in [6.07, 6.45) is 2.97. The third-order valence-electron chi connectivity index (χ3n) is 3.97. The Morgan fingerprint density at radius 3 is 2.74 bits per heavy atom. The zero-order chi connectivity index (χ0) is 13.8. The van der Waals surface area contributed by atoms with Crippen LogP contribution in [0.5, 0.6) is 0 Å². The summed E-state index contributed by atoms with van der Waals surface area (Å²) in [6, 6.07) is 0. The molecule has 0 bridgehead atoms. The van der Waals surface area contributed by atoms with Crippen molar-refractivity contribution in [3.05, 3.63) is 10.6 Å². The summed E-state index contributed by atoms with van der Waals surface area (Å²) in [5.41, 5.74) is 1.01. The number of thiazole rings is 1. The lowest BCUT2D eigenvalue weighted by Gasteiger charge is -2.27. The minimum absolute atomic E-state index is 0.0970. The predicted octanol–water partition coefficient (Wildman–Crippen LogP) is 2.72. The molecular weight excluding hydrogens is 258 g/mol. The van der Waals surface area contributed by atoms with E-state index in [9.17, 15) is 4.79 Å². The van der Waals surface area contributed by atoms with Crippen LogP contribution in [0.4, 0.5) is 5.13 Å². The van der Waals surface area contributed by atoms with Crippen LogP contribution >= 0.6 is 11.3 Å². The van der Waals surface area contributed by atoms with Crippen LogP contribution in [0, 0.1) is 25.7 Å². The third-order valence-corrected chi connectivity index (χ3v) is 4.96. The second-order valence-electron chi connectivity index (χ2n) is 5.48. The number of carbonyl (C=O) groups is 1. The molecule has 0 radical (unpaired) electrons. The van der Waals surface area contributed by atoms with Crippen molar-refractivity contribution in [3.8, 4) is 0 Å². The van der Waals surface area contributed by atoms with E-state index in [0.717, 1.165) is 23.9 Å². The molecule has 0 aliphatic carbocycles. The molecule has 1 fully saturated rings. The monoisotopic (exact) mass is 281 g/mol. The highest BCUT2D eigenvalue weighted by atomic mass is 32.1. The van der Waals surface area contributed by atoms with Crippen LogP contribution in [0.25, 0.3) is 0 Å². The summed E-state index contributed by atoms with van der Waals surface area (Å²) in [5, 5.41) is 7.02. The van der Waals surface area contributed by atoms with Gasteiger partial charge < -0.3 is 10.6 Å². The van der Waals surface area contributed by atoms with Crippen LogP contribution in [-0.4, -0.2) is 24.0 Å². The van der Waals surface area contributed by atoms with Gasteiger partial charge in [-0.1, -0.05) is 6.92 Å². The summed E-state index contributed by atoms with van der Waals surface area (Å²) in [4.78, 5) is 17.5. The Hall–Kier alpha value is -0.940. The molecule has 2 rings (SSSR count). The minimum Gasteiger partial charge on any atom is -0.317 e. The van der Waals surface area contributed by atoms with Crippen LogP contribution < -0.4 is 10.6 Å². The molecule has 5 heteroatoms. The zero-order valence-corrected chi connectivity index (χ0v) is 12.8. The van der Waals surface area contributed by atoms with Crippen LogP contribution in [0.3, 0.4) is 0 Å². The molecule has 1 unspecified atom stereocenters. The van der Waals surface area contributed by atoms with Crippen LogP contribution in [-0.2, 0) is 4.79 Å². The van der Waals surface area contributed by atoms with Crippen molar-refractivity contribution in [2.75, 3.05) is 18.4 Å². The zero-order valence-electron chi connectivity index (χ0n) is 12.0. The number of piperidine rings is 1. The van der Waals surface area contributed by atoms with Crippen LogP contribution in [0.1, 0.15) is 36.8 Å². The van der Waals surface area contributed by atoms with Crippen molar-refractivity contribution in [2.24, 2.45) is 11.8 Å². The fourth-order valence-corrected chi connectivity index (χ4v) is 3.40. The second-order valence-corrected chi connectivity index (χ2v) is 6.68. The van der Waals surface area contributed by atoms with Crippen LogP contribution in [0.15, 0.2) is 0 Å². The molecule has 2 N–H and O–H groups in total. The van der Waals surface area contributed by atoms with E-state index in [1.54, 1.807) is 11.3 Å². The van der Waals surface area contributed by atoms with Gasteiger partial charge in [0.15, 0.2) is 5.13 Å². The summed E-state index contributed by atoms with van der Waals surface area (Å²) in [7, 11) is 0. The summed E-state index contributed by atoms with van der Waals surface area (Å²) >= 11 is 1.55. The Morgan fingerprint density at radius 2 is 2.16 bits per heavy atom. The average Bonchev–Trinajstić information content (AvgIpc) is 2.69. The van der Waals surface area contributed by atoms with E-state index in [4.69, 9.17) is 0 Å². The first-order chi connectivity index (χ1) is 9.06. The van der Waals surface area contributed by atoms with E-state index in [2.05, 4.69) is 22.5 Å². The Labute approximate surface area is 119 Å². The van der Waals surface area contributed by atoms with Crippen molar-refractivity contribution in [1.29, 1.82) is 0 Å². The molecular formula is C14H23N3OS. The maximum Gasteiger partial charge on any atom is 0.226 e. The predicted molar refractivity (Wildman–Crippen MR) is 79.6 cm³/mol. The van der Waals surface area contributed by atoms with E-state index < -0.39 is 0 Å². The SMILES string of the molecule is Cc1nc(NC(=O)CC(C)C2CCNCC2)sc1C. The van der Waals surface area contributed by atoms with E-state index in [0.29, 0.717) is 18.3 Å². The molecule has 1 aromatic rings. The molecule has 1 aliphatic heterocycles. The number of nitrogens with zero attached hydrogens (tertiary/aromatic N) is 1. The average molecular weight is 281 g/mol. The lowest BCUT2D eigenvalue weighted by Crippen LogP contribution is -2.32. The van der Waals surface area contributed by atoms with E-state index in [1.807, 2.05) is 13.8 Å². The van der Waals surface area contributed by atoms with Crippen molar-refractivity contribution >= 4 is 22.4 Å². The lowest BCUT2D eigenvalue weighted by atomic mass is 9.84. The van der Waals surface area contributed by atoms with Gasteiger partial charge in [-0.15, -0.1) is 11.3 Å². The van der Waals surface area contributed by atoms with Gasteiger partial charge in [0.1, 0.15) is 0 Å². The molecule has 1 saturated heterocycles. The Kier molecular flexibility index (Phi) is 4.93. The Morgan fingerprint density at radius 1 is 1.47 bits per heavy atom. The molecule has 1 aromatic heterocycles. The second kappa shape index (κ2) is 6.48. The van der Waals surface area contributed by atoms with Gasteiger partial charge in [-0.2, -0.15) is 0 Å². The van der Waals surface area contributed by atoms with Gasteiger partial charge in [0.25, 0.3) is 0 Å². The fourth-order valence-electron chi connectivity index (χ4n) is 2.57. The van der Waals surface area contributed by atoms with Crippen molar-refractivity contribution in [3.63, 3.8) is 0 Å². The van der Waals surface area contributed by atoms with Crippen LogP contribution in [0.2, 0.25) is 0 Å². The van der Waals surface area contributed by atoms with Gasteiger partial charge in [-0.05, 0) is 51.6 Å². The molecule has 0 saturated carbocycles. The standard InChI is InChI=1S/C14H23N3OS/c1-9(12-4-6-15-7-5-12)8-13(18)17-14-16-10(2)11(3)19-14/h9,12,15H,4-8H2,1-3H3,(H,16,17,18). The van der Waals surface area contributed by atoms with Gasteiger partial charge >= 0.3 is 0 Å². The van der Waals surface area contributed by atoms with Gasteiger partial charge in [-0.3, -0.25) is 4.79 Å². The van der Waals surface area contributed by atoms with Gasteiger partial charge in [0.05, 0.1) is 5.69 Å². The highest BCUT2D eigenvalue weighted by Crippen LogP contribution is 2.26. The fraction of sp³-hybridized carbons (Fsp3) is 0.714. The number of anilines is 1. The van der Waals surface area contributed by atoms with Gasteiger partial charge in [0, 0.05) is 11.3 Å². The number of rotatable bonds is 4. The first-order valence-corrected chi connectivity index (χ1v) is 7.82. The lowest BCUT2D eigenvalue weighted by molar-refractivity contribution is -0.117. The molecule has 1 amide bonds. The number of aryl methyl sites for hydroxylation is 2. The number of hydrogen-bond acceptors (Lipinski definition) is 4. The summed E-state index contributed by atoms with van der Waals surface area (Å²) in [5.74, 6) is 1.22. The maximum absolute atomic E-state index is 12.0. The molecule has 19 heavy (non-hydrogen) atoms. The van der Waals surface area contributed by atoms with Crippen molar-refractivity contribution < 1.29 is 4.79 Å². The molecule has 0 spiro atoms. The Bertz CT molecular complexity index is 418.